The number of aromatic amines is 1. The fourth-order valence-corrected chi connectivity index (χ4v) is 4.26. The first-order valence-electron chi connectivity index (χ1n) is 8.97. The van der Waals surface area contributed by atoms with Crippen LogP contribution in [0.1, 0.15) is 33.9 Å². The standard InChI is InChI=1S/C20H23FN4O2S/c1-13-10-15(3)18(11-14(13)2)28(26,27)22-9-8-19-23-20(25-24-19)12-16-4-6-17(21)7-5-16/h4-7,10-11,22H,8-9,12H2,1-3H3,(H,23,24,25). The lowest BCUT2D eigenvalue weighted by atomic mass is 10.1. The molecule has 6 nitrogen and oxygen atoms in total. The number of hydrogen-bond acceptors (Lipinski definition) is 4. The van der Waals surface area contributed by atoms with E-state index < -0.39 is 10.0 Å². The third kappa shape index (κ3) is 4.82. The lowest BCUT2D eigenvalue weighted by Gasteiger charge is -2.11. The highest BCUT2D eigenvalue weighted by Crippen LogP contribution is 2.19. The first-order chi connectivity index (χ1) is 13.2. The molecule has 0 radical (unpaired) electrons. The highest BCUT2D eigenvalue weighted by molar-refractivity contribution is 7.89. The Bertz CT molecular complexity index is 1080. The lowest BCUT2D eigenvalue weighted by molar-refractivity contribution is 0.580. The third-order valence-electron chi connectivity index (χ3n) is 4.58. The number of nitrogens with one attached hydrogen (secondary N) is 2. The van der Waals surface area contributed by atoms with Crippen molar-refractivity contribution in [2.24, 2.45) is 0 Å². The van der Waals surface area contributed by atoms with E-state index >= 15 is 0 Å². The molecule has 3 rings (SSSR count). The first kappa shape index (κ1) is 20.2. The van der Waals surface area contributed by atoms with E-state index in [1.54, 1.807) is 25.1 Å². The van der Waals surface area contributed by atoms with Gasteiger partial charge in [0.15, 0.2) is 5.82 Å². The minimum absolute atomic E-state index is 0.197. The number of rotatable bonds is 7. The van der Waals surface area contributed by atoms with Crippen LogP contribution in [0.2, 0.25) is 0 Å². The van der Waals surface area contributed by atoms with E-state index in [0.29, 0.717) is 29.4 Å². The minimum atomic E-state index is -3.60. The number of hydrogen-bond donors (Lipinski definition) is 2. The predicted octanol–water partition coefficient (Wildman–Crippen LogP) is 2.98. The van der Waals surface area contributed by atoms with Gasteiger partial charge in [-0.25, -0.2) is 22.5 Å². The summed E-state index contributed by atoms with van der Waals surface area (Å²) in [5.41, 5.74) is 3.63. The Morgan fingerprint density at radius 3 is 2.43 bits per heavy atom. The Morgan fingerprint density at radius 2 is 1.71 bits per heavy atom. The molecule has 28 heavy (non-hydrogen) atoms. The normalized spacial score (nSPS) is 11.7. The number of halogens is 1. The monoisotopic (exact) mass is 402 g/mol. The van der Waals surface area contributed by atoms with Crippen LogP contribution in [0.3, 0.4) is 0 Å². The maximum absolute atomic E-state index is 13.0. The molecule has 2 N–H and O–H groups in total. The van der Waals surface area contributed by atoms with Crippen molar-refractivity contribution in [2.45, 2.75) is 38.5 Å². The Hall–Kier alpha value is -2.58. The SMILES string of the molecule is Cc1cc(C)c(S(=O)(=O)NCCc2n[nH]c(Cc3ccc(F)cc3)n2)cc1C. The van der Waals surface area contributed by atoms with E-state index in [1.807, 2.05) is 19.9 Å². The topological polar surface area (TPSA) is 87.7 Å². The van der Waals surface area contributed by atoms with Gasteiger partial charge in [-0.15, -0.1) is 0 Å². The molecule has 8 heteroatoms. The molecule has 0 saturated heterocycles. The van der Waals surface area contributed by atoms with Gasteiger partial charge in [-0.05, 0) is 61.2 Å². The number of aromatic nitrogens is 3. The second-order valence-corrected chi connectivity index (χ2v) is 8.59. The molecule has 0 amide bonds. The molecule has 148 valence electrons. The lowest BCUT2D eigenvalue weighted by Crippen LogP contribution is -2.27. The molecule has 1 aromatic heterocycles. The zero-order valence-corrected chi connectivity index (χ0v) is 16.9. The number of nitrogens with zero attached hydrogens (tertiary/aromatic N) is 2. The van der Waals surface area contributed by atoms with Crippen LogP contribution in [-0.2, 0) is 22.9 Å². The molecule has 0 bridgehead atoms. The Morgan fingerprint density at radius 1 is 1.04 bits per heavy atom. The number of H-pyrrole nitrogens is 1. The molecule has 0 spiro atoms. The van der Waals surface area contributed by atoms with Gasteiger partial charge >= 0.3 is 0 Å². The fraction of sp³-hybridized carbons (Fsp3) is 0.300. The van der Waals surface area contributed by atoms with Crippen molar-refractivity contribution in [3.05, 3.63) is 76.1 Å². The average molecular weight is 402 g/mol. The largest absolute Gasteiger partial charge is 0.263 e. The molecular weight excluding hydrogens is 379 g/mol. The van der Waals surface area contributed by atoms with Crippen LogP contribution in [0.4, 0.5) is 4.39 Å². The van der Waals surface area contributed by atoms with Crippen molar-refractivity contribution >= 4 is 10.0 Å². The number of aryl methyl sites for hydroxylation is 3. The molecule has 0 aliphatic heterocycles. The van der Waals surface area contributed by atoms with Gasteiger partial charge in [-0.1, -0.05) is 18.2 Å². The Balaban J connectivity index is 1.60. The summed E-state index contributed by atoms with van der Waals surface area (Å²) in [7, 11) is -3.60. The molecule has 0 aliphatic carbocycles. The van der Waals surface area contributed by atoms with Gasteiger partial charge in [0.2, 0.25) is 10.0 Å². The molecule has 0 fully saturated rings. The predicted molar refractivity (Wildman–Crippen MR) is 105 cm³/mol. The summed E-state index contributed by atoms with van der Waals surface area (Å²) in [6, 6.07) is 9.75. The van der Waals surface area contributed by atoms with Gasteiger partial charge in [0, 0.05) is 19.4 Å². The summed E-state index contributed by atoms with van der Waals surface area (Å²) in [6.07, 6.45) is 0.865. The van der Waals surface area contributed by atoms with Gasteiger partial charge in [-0.3, -0.25) is 5.10 Å². The zero-order chi connectivity index (χ0) is 20.3. The molecule has 1 heterocycles. The number of benzene rings is 2. The van der Waals surface area contributed by atoms with Crippen molar-refractivity contribution in [1.82, 2.24) is 19.9 Å². The quantitative estimate of drug-likeness (QED) is 0.636. The van der Waals surface area contributed by atoms with E-state index in [1.165, 1.54) is 12.1 Å². The Kier molecular flexibility index (Phi) is 5.90. The smallest absolute Gasteiger partial charge is 0.240 e. The van der Waals surface area contributed by atoms with E-state index in [9.17, 15) is 12.8 Å². The van der Waals surface area contributed by atoms with Crippen LogP contribution < -0.4 is 4.72 Å². The minimum Gasteiger partial charge on any atom is -0.263 e. The van der Waals surface area contributed by atoms with Crippen LogP contribution in [-0.4, -0.2) is 30.1 Å². The van der Waals surface area contributed by atoms with Crippen LogP contribution in [0.5, 0.6) is 0 Å². The number of sulfonamides is 1. The van der Waals surface area contributed by atoms with Gasteiger partial charge in [-0.2, -0.15) is 5.10 Å². The van der Waals surface area contributed by atoms with Crippen molar-refractivity contribution in [3.8, 4) is 0 Å². The summed E-state index contributed by atoms with van der Waals surface area (Å²) in [5.74, 6) is 0.888. The van der Waals surface area contributed by atoms with Crippen LogP contribution in [0.15, 0.2) is 41.3 Å². The molecule has 0 unspecified atom stereocenters. The molecular formula is C20H23FN4O2S. The second kappa shape index (κ2) is 8.20. The van der Waals surface area contributed by atoms with Crippen molar-refractivity contribution in [3.63, 3.8) is 0 Å². The van der Waals surface area contributed by atoms with E-state index in [-0.39, 0.29) is 12.4 Å². The summed E-state index contributed by atoms with van der Waals surface area (Å²) in [5, 5.41) is 6.96. The summed E-state index contributed by atoms with van der Waals surface area (Å²) >= 11 is 0. The van der Waals surface area contributed by atoms with Crippen molar-refractivity contribution in [1.29, 1.82) is 0 Å². The highest BCUT2D eigenvalue weighted by Gasteiger charge is 2.17. The van der Waals surface area contributed by atoms with E-state index in [0.717, 1.165) is 22.3 Å². The van der Waals surface area contributed by atoms with Crippen LogP contribution >= 0.6 is 0 Å². The highest BCUT2D eigenvalue weighted by atomic mass is 32.2. The van der Waals surface area contributed by atoms with E-state index in [2.05, 4.69) is 19.9 Å². The van der Waals surface area contributed by atoms with Gasteiger partial charge in [0.05, 0.1) is 4.90 Å². The van der Waals surface area contributed by atoms with Gasteiger partial charge in [0.1, 0.15) is 11.6 Å². The van der Waals surface area contributed by atoms with E-state index in [4.69, 9.17) is 0 Å². The second-order valence-electron chi connectivity index (χ2n) is 6.85. The van der Waals surface area contributed by atoms with Crippen molar-refractivity contribution < 1.29 is 12.8 Å². The maximum Gasteiger partial charge on any atom is 0.240 e. The van der Waals surface area contributed by atoms with Crippen LogP contribution in [0, 0.1) is 26.6 Å². The molecule has 0 aliphatic rings. The average Bonchev–Trinajstić information content (AvgIpc) is 3.07. The fourth-order valence-electron chi connectivity index (χ4n) is 2.92. The summed E-state index contributed by atoms with van der Waals surface area (Å²) in [6.45, 7) is 5.84. The Labute approximate surface area is 164 Å². The van der Waals surface area contributed by atoms with Gasteiger partial charge in [0.25, 0.3) is 0 Å². The maximum atomic E-state index is 13.0. The summed E-state index contributed by atoms with van der Waals surface area (Å²) in [4.78, 5) is 4.66. The molecule has 0 saturated carbocycles. The molecule has 3 aromatic rings. The summed E-state index contributed by atoms with van der Waals surface area (Å²) < 4.78 is 40.8. The first-order valence-corrected chi connectivity index (χ1v) is 10.4. The van der Waals surface area contributed by atoms with Crippen LogP contribution in [0.25, 0.3) is 0 Å². The van der Waals surface area contributed by atoms with Crippen molar-refractivity contribution in [2.75, 3.05) is 6.54 Å². The third-order valence-corrected chi connectivity index (χ3v) is 6.19. The molecule has 2 aromatic carbocycles. The molecule has 0 atom stereocenters. The van der Waals surface area contributed by atoms with Gasteiger partial charge < -0.3 is 0 Å². The zero-order valence-electron chi connectivity index (χ0n) is 16.1.